The van der Waals surface area contributed by atoms with Crippen molar-refractivity contribution in [2.45, 2.75) is 13.3 Å². The topological polar surface area (TPSA) is 63.2 Å². The molecule has 1 amide bonds. The van der Waals surface area contributed by atoms with Crippen molar-refractivity contribution < 1.29 is 9.59 Å². The van der Waals surface area contributed by atoms with Gasteiger partial charge >= 0.3 is 0 Å². The van der Waals surface area contributed by atoms with Gasteiger partial charge in [0.25, 0.3) is 0 Å². The van der Waals surface area contributed by atoms with Crippen LogP contribution in [0, 0.1) is 5.92 Å². The number of aromatic nitrogens is 2. The molecule has 1 aliphatic heterocycles. The van der Waals surface area contributed by atoms with Crippen molar-refractivity contribution in [3.05, 3.63) is 30.5 Å². The Morgan fingerprint density at radius 2 is 2.24 bits per heavy atom. The zero-order valence-electron chi connectivity index (χ0n) is 11.7. The highest BCUT2D eigenvalue weighted by atomic mass is 32.2. The maximum Gasteiger partial charge on any atom is 0.232 e. The Balaban J connectivity index is 1.79. The number of nitrogens with zero attached hydrogens (tertiary/aromatic N) is 3. The fraction of sp³-hybridized carbons (Fsp3) is 0.333. The molecule has 1 unspecified atom stereocenters. The molecule has 0 radical (unpaired) electrons. The molecule has 21 heavy (non-hydrogen) atoms. The highest BCUT2D eigenvalue weighted by molar-refractivity contribution is 8.13. The van der Waals surface area contributed by atoms with Crippen LogP contribution in [0.25, 0.3) is 10.9 Å². The zero-order valence-corrected chi connectivity index (χ0v) is 12.5. The average Bonchev–Trinajstić information content (AvgIpc) is 2.86. The number of anilines is 1. The van der Waals surface area contributed by atoms with Crippen molar-refractivity contribution in [2.75, 3.05) is 17.2 Å². The average molecular weight is 301 g/mol. The van der Waals surface area contributed by atoms with E-state index in [1.807, 2.05) is 24.3 Å². The number of amides is 1. The molecule has 1 aromatic carbocycles. The van der Waals surface area contributed by atoms with E-state index in [0.717, 1.165) is 10.9 Å². The van der Waals surface area contributed by atoms with Crippen LogP contribution < -0.4 is 4.90 Å². The summed E-state index contributed by atoms with van der Waals surface area (Å²) < 4.78 is 0. The summed E-state index contributed by atoms with van der Waals surface area (Å²) in [5, 5.41) is 1.04. The van der Waals surface area contributed by atoms with E-state index >= 15 is 0 Å². The van der Waals surface area contributed by atoms with Crippen molar-refractivity contribution in [3.8, 4) is 0 Å². The lowest BCUT2D eigenvalue weighted by molar-refractivity contribution is -0.117. The molecule has 0 spiro atoms. The van der Waals surface area contributed by atoms with Crippen LogP contribution in [0.1, 0.15) is 13.3 Å². The summed E-state index contributed by atoms with van der Waals surface area (Å²) in [5.41, 5.74) is 0.830. The molecule has 2 heterocycles. The number of para-hydroxylation sites is 1. The van der Waals surface area contributed by atoms with Crippen LogP contribution in [0.4, 0.5) is 5.95 Å². The first kappa shape index (κ1) is 14.0. The normalized spacial score (nSPS) is 18.4. The van der Waals surface area contributed by atoms with Gasteiger partial charge < -0.3 is 0 Å². The van der Waals surface area contributed by atoms with Gasteiger partial charge in [0.2, 0.25) is 11.9 Å². The molecule has 3 rings (SSSR count). The monoisotopic (exact) mass is 301 g/mol. The summed E-state index contributed by atoms with van der Waals surface area (Å²) in [6.07, 6.45) is 2.19. The Labute approximate surface area is 126 Å². The van der Waals surface area contributed by atoms with E-state index in [2.05, 4.69) is 9.97 Å². The van der Waals surface area contributed by atoms with Crippen LogP contribution in [-0.4, -0.2) is 33.3 Å². The van der Waals surface area contributed by atoms with E-state index in [4.69, 9.17) is 0 Å². The molecule has 0 N–H and O–H groups in total. The number of carbonyl (C=O) groups excluding carboxylic acids is 2. The van der Waals surface area contributed by atoms with Gasteiger partial charge in [-0.1, -0.05) is 30.0 Å². The Morgan fingerprint density at radius 1 is 1.43 bits per heavy atom. The van der Waals surface area contributed by atoms with E-state index in [9.17, 15) is 9.59 Å². The third kappa shape index (κ3) is 3.05. The minimum absolute atomic E-state index is 0.0273. The molecule has 0 bridgehead atoms. The molecular formula is C15H15N3O2S. The molecule has 1 saturated heterocycles. The molecule has 1 aliphatic rings. The van der Waals surface area contributed by atoms with Crippen molar-refractivity contribution in [1.29, 1.82) is 0 Å². The minimum Gasteiger partial charge on any atom is -0.288 e. The summed E-state index contributed by atoms with van der Waals surface area (Å²) in [6.45, 7) is 2.13. The van der Waals surface area contributed by atoms with Crippen LogP contribution in [-0.2, 0) is 9.59 Å². The predicted molar refractivity (Wildman–Crippen MR) is 83.1 cm³/mol. The van der Waals surface area contributed by atoms with E-state index in [0.29, 0.717) is 24.7 Å². The van der Waals surface area contributed by atoms with Crippen LogP contribution in [0.2, 0.25) is 0 Å². The fourth-order valence-corrected chi connectivity index (χ4v) is 3.11. The van der Waals surface area contributed by atoms with Crippen LogP contribution in [0.15, 0.2) is 30.5 Å². The first-order valence-electron chi connectivity index (χ1n) is 6.79. The Kier molecular flexibility index (Phi) is 3.88. The number of benzene rings is 1. The van der Waals surface area contributed by atoms with Gasteiger partial charge in [-0.25, -0.2) is 9.97 Å². The van der Waals surface area contributed by atoms with Crippen LogP contribution in [0.3, 0.4) is 0 Å². The zero-order chi connectivity index (χ0) is 14.8. The predicted octanol–water partition coefficient (Wildman–Crippen LogP) is 2.26. The largest absolute Gasteiger partial charge is 0.288 e. The van der Waals surface area contributed by atoms with Gasteiger partial charge in [0.1, 0.15) is 0 Å². The molecule has 6 heteroatoms. The van der Waals surface area contributed by atoms with Gasteiger partial charge in [-0.15, -0.1) is 0 Å². The van der Waals surface area contributed by atoms with Gasteiger partial charge in [-0.3, -0.25) is 14.5 Å². The van der Waals surface area contributed by atoms with Crippen molar-refractivity contribution in [2.24, 2.45) is 5.92 Å². The van der Waals surface area contributed by atoms with E-state index < -0.39 is 0 Å². The lowest BCUT2D eigenvalue weighted by Crippen LogP contribution is -2.26. The van der Waals surface area contributed by atoms with Crippen LogP contribution in [0.5, 0.6) is 0 Å². The number of thioether (sulfide) groups is 1. The summed E-state index contributed by atoms with van der Waals surface area (Å²) in [6, 6.07) is 7.69. The molecule has 108 valence electrons. The number of hydrogen-bond donors (Lipinski definition) is 0. The van der Waals surface area contributed by atoms with Gasteiger partial charge in [-0.05, 0) is 12.0 Å². The summed E-state index contributed by atoms with van der Waals surface area (Å²) >= 11 is 1.27. The van der Waals surface area contributed by atoms with E-state index in [1.54, 1.807) is 18.0 Å². The second-order valence-electron chi connectivity index (χ2n) is 5.11. The van der Waals surface area contributed by atoms with E-state index in [-0.39, 0.29) is 16.9 Å². The molecule has 1 fully saturated rings. The number of carbonyl (C=O) groups is 2. The molecule has 1 aromatic heterocycles. The first-order valence-corrected chi connectivity index (χ1v) is 7.77. The fourth-order valence-electron chi connectivity index (χ4n) is 2.41. The lowest BCUT2D eigenvalue weighted by atomic mass is 10.1. The Bertz CT molecular complexity index is 704. The SMILES string of the molecule is CC(=O)SCC1CC(=O)N(c2ncc3ccccc3n2)C1. The molecule has 0 saturated carbocycles. The maximum absolute atomic E-state index is 12.1. The first-order chi connectivity index (χ1) is 10.1. The van der Waals surface area contributed by atoms with Crippen molar-refractivity contribution in [1.82, 2.24) is 9.97 Å². The van der Waals surface area contributed by atoms with E-state index in [1.165, 1.54) is 11.8 Å². The minimum atomic E-state index is 0.0273. The third-order valence-corrected chi connectivity index (χ3v) is 4.49. The molecule has 1 atom stereocenters. The standard InChI is InChI=1S/C15H15N3O2S/c1-10(19)21-9-11-6-14(20)18(8-11)15-16-7-12-4-2-3-5-13(12)17-15/h2-5,7,11H,6,8-9H2,1H3. The summed E-state index contributed by atoms with van der Waals surface area (Å²) in [5.74, 6) is 1.33. The Morgan fingerprint density at radius 3 is 3.05 bits per heavy atom. The van der Waals surface area contributed by atoms with Crippen molar-refractivity contribution >= 4 is 39.6 Å². The number of rotatable bonds is 3. The van der Waals surface area contributed by atoms with Gasteiger partial charge in [0, 0.05) is 37.2 Å². The quantitative estimate of drug-likeness (QED) is 0.870. The maximum atomic E-state index is 12.1. The second kappa shape index (κ2) is 5.81. The number of hydrogen-bond acceptors (Lipinski definition) is 5. The second-order valence-corrected chi connectivity index (χ2v) is 6.30. The van der Waals surface area contributed by atoms with Gasteiger partial charge in [-0.2, -0.15) is 0 Å². The Hall–Kier alpha value is -1.95. The summed E-state index contributed by atoms with van der Waals surface area (Å²) in [7, 11) is 0. The molecule has 2 aromatic rings. The van der Waals surface area contributed by atoms with Crippen LogP contribution >= 0.6 is 11.8 Å². The smallest absolute Gasteiger partial charge is 0.232 e. The lowest BCUT2D eigenvalue weighted by Gasteiger charge is -2.14. The van der Waals surface area contributed by atoms with Crippen molar-refractivity contribution in [3.63, 3.8) is 0 Å². The molecule has 5 nitrogen and oxygen atoms in total. The summed E-state index contributed by atoms with van der Waals surface area (Å²) in [4.78, 5) is 33.5. The highest BCUT2D eigenvalue weighted by Crippen LogP contribution is 2.26. The highest BCUT2D eigenvalue weighted by Gasteiger charge is 2.32. The van der Waals surface area contributed by atoms with Gasteiger partial charge in [0.15, 0.2) is 5.12 Å². The van der Waals surface area contributed by atoms with Gasteiger partial charge in [0.05, 0.1) is 5.52 Å². The molecule has 0 aliphatic carbocycles. The number of fused-ring (bicyclic) bond motifs is 1. The molecular weight excluding hydrogens is 286 g/mol. The third-order valence-electron chi connectivity index (χ3n) is 3.45.